The van der Waals surface area contributed by atoms with E-state index in [1.165, 1.54) is 10.3 Å². The van der Waals surface area contributed by atoms with Gasteiger partial charge in [-0.3, -0.25) is 23.6 Å². The fourth-order valence-electron chi connectivity index (χ4n) is 4.52. The van der Waals surface area contributed by atoms with Crippen LogP contribution in [-0.4, -0.2) is 63.8 Å². The molecule has 0 unspecified atom stereocenters. The summed E-state index contributed by atoms with van der Waals surface area (Å²) in [7, 11) is 0. The number of piperazine rings is 1. The van der Waals surface area contributed by atoms with Crippen LogP contribution in [0.15, 0.2) is 52.2 Å². The number of anilines is 1. The lowest BCUT2D eigenvalue weighted by atomic mass is 10.2. The number of carbonyl (C=O) groups is 1. The minimum atomic E-state index is -0.340. The predicted octanol–water partition coefficient (Wildman–Crippen LogP) is 0.943. The number of rotatable bonds is 8. The van der Waals surface area contributed by atoms with Crippen molar-refractivity contribution >= 4 is 22.6 Å². The van der Waals surface area contributed by atoms with Crippen LogP contribution < -0.4 is 21.5 Å². The molecule has 1 aliphatic rings. The van der Waals surface area contributed by atoms with E-state index in [0.29, 0.717) is 30.7 Å². The van der Waals surface area contributed by atoms with E-state index < -0.39 is 0 Å². The molecule has 1 amide bonds. The number of aryl methyl sites for hydroxylation is 1. The second kappa shape index (κ2) is 10.1. The topological polar surface area (TPSA) is 84.5 Å². The Balaban J connectivity index is 1.33. The van der Waals surface area contributed by atoms with Gasteiger partial charge in [-0.25, -0.2) is 4.79 Å². The lowest BCUT2D eigenvalue weighted by molar-refractivity contribution is -0.121. The maximum atomic E-state index is 12.7. The Morgan fingerprint density at radius 2 is 1.64 bits per heavy atom. The Hall–Kier alpha value is -3.33. The van der Waals surface area contributed by atoms with Crippen molar-refractivity contribution in [3.8, 4) is 0 Å². The van der Waals surface area contributed by atoms with E-state index in [1.807, 2.05) is 13.0 Å². The van der Waals surface area contributed by atoms with Gasteiger partial charge in [0.1, 0.15) is 12.2 Å². The van der Waals surface area contributed by atoms with Gasteiger partial charge in [-0.1, -0.05) is 18.2 Å². The number of hydrogen-bond acceptors (Lipinski definition) is 5. The molecule has 1 fully saturated rings. The van der Waals surface area contributed by atoms with Crippen LogP contribution in [0, 0.1) is 0 Å². The van der Waals surface area contributed by atoms with Gasteiger partial charge < -0.3 is 14.8 Å². The van der Waals surface area contributed by atoms with E-state index in [-0.39, 0.29) is 23.7 Å². The molecule has 4 rings (SSSR count). The van der Waals surface area contributed by atoms with Crippen molar-refractivity contribution in [3.63, 3.8) is 0 Å². The fourth-order valence-corrected chi connectivity index (χ4v) is 4.52. The van der Waals surface area contributed by atoms with Gasteiger partial charge in [0.25, 0.3) is 5.56 Å². The van der Waals surface area contributed by atoms with Crippen molar-refractivity contribution in [2.75, 3.05) is 44.2 Å². The first-order valence-corrected chi connectivity index (χ1v) is 11.6. The maximum Gasteiger partial charge on any atom is 0.332 e. The second-order valence-corrected chi connectivity index (χ2v) is 8.27. The summed E-state index contributed by atoms with van der Waals surface area (Å²) < 4.78 is 4.48. The Morgan fingerprint density at radius 1 is 0.939 bits per heavy atom. The molecule has 1 aromatic carbocycles. The number of hydrogen-bond donors (Lipinski definition) is 1. The van der Waals surface area contributed by atoms with Crippen LogP contribution in [0.4, 0.5) is 5.69 Å². The van der Waals surface area contributed by atoms with Gasteiger partial charge in [0.15, 0.2) is 0 Å². The highest BCUT2D eigenvalue weighted by Gasteiger charge is 2.18. The fraction of sp³-hybridized carbons (Fsp3) is 0.458. The van der Waals surface area contributed by atoms with E-state index in [2.05, 4.69) is 39.4 Å². The molecular weight excluding hydrogens is 420 g/mol. The summed E-state index contributed by atoms with van der Waals surface area (Å²) >= 11 is 0. The maximum absolute atomic E-state index is 12.7. The molecule has 9 heteroatoms. The summed E-state index contributed by atoms with van der Waals surface area (Å²) in [5.41, 5.74) is 1.11. The van der Waals surface area contributed by atoms with Crippen molar-refractivity contribution in [2.24, 2.45) is 0 Å². The van der Waals surface area contributed by atoms with E-state index in [0.717, 1.165) is 32.7 Å². The average molecular weight is 453 g/mol. The molecule has 176 valence electrons. The molecule has 0 bridgehead atoms. The Morgan fingerprint density at radius 3 is 2.30 bits per heavy atom. The standard InChI is InChI=1S/C24H32N6O3/c1-3-29-22-20(23(32)30(4-2)24(29)33)10-12-28(22)18-21(31)25-11-13-26-14-16-27(17-15-26)19-8-6-5-7-9-19/h5-10,12H,3-4,11,13-18H2,1-2H3,(H,25,31). The Bertz CT molecular complexity index is 1220. The zero-order valence-corrected chi connectivity index (χ0v) is 19.4. The first-order valence-electron chi connectivity index (χ1n) is 11.6. The molecule has 33 heavy (non-hydrogen) atoms. The van der Waals surface area contributed by atoms with Gasteiger partial charge in [0.2, 0.25) is 5.91 Å². The van der Waals surface area contributed by atoms with Crippen LogP contribution in [0.5, 0.6) is 0 Å². The first kappa shape index (κ1) is 22.8. The number of fused-ring (bicyclic) bond motifs is 1. The van der Waals surface area contributed by atoms with Crippen LogP contribution >= 0.6 is 0 Å². The Kier molecular flexibility index (Phi) is 6.98. The summed E-state index contributed by atoms with van der Waals surface area (Å²) in [5.74, 6) is -0.134. The lowest BCUT2D eigenvalue weighted by Crippen LogP contribution is -2.48. The van der Waals surface area contributed by atoms with Gasteiger partial charge in [-0.15, -0.1) is 0 Å². The second-order valence-electron chi connectivity index (χ2n) is 8.27. The quantitative estimate of drug-likeness (QED) is 0.550. The highest BCUT2D eigenvalue weighted by molar-refractivity contribution is 5.80. The van der Waals surface area contributed by atoms with Crippen LogP contribution in [0.25, 0.3) is 11.0 Å². The average Bonchev–Trinajstić information content (AvgIpc) is 3.24. The molecule has 0 aliphatic carbocycles. The van der Waals surface area contributed by atoms with E-state index >= 15 is 0 Å². The van der Waals surface area contributed by atoms with Crippen LogP contribution in [0.1, 0.15) is 13.8 Å². The molecule has 3 heterocycles. The molecule has 3 aromatic rings. The molecule has 1 saturated heterocycles. The minimum absolute atomic E-state index is 0.0697. The number of nitrogens with one attached hydrogen (secondary N) is 1. The third-order valence-corrected chi connectivity index (χ3v) is 6.32. The molecule has 9 nitrogen and oxygen atoms in total. The van der Waals surface area contributed by atoms with Gasteiger partial charge in [0, 0.05) is 64.2 Å². The van der Waals surface area contributed by atoms with Crippen LogP contribution in [0.3, 0.4) is 0 Å². The van der Waals surface area contributed by atoms with Crippen molar-refractivity contribution in [2.45, 2.75) is 33.5 Å². The SMILES string of the molecule is CCn1c(=O)c2ccn(CC(=O)NCCN3CCN(c4ccccc4)CC3)c2n(CC)c1=O. The highest BCUT2D eigenvalue weighted by atomic mass is 16.2. The Labute approximate surface area is 192 Å². The predicted molar refractivity (Wildman–Crippen MR) is 130 cm³/mol. The highest BCUT2D eigenvalue weighted by Crippen LogP contribution is 2.15. The number of nitrogens with zero attached hydrogens (tertiary/aromatic N) is 5. The van der Waals surface area contributed by atoms with Crippen molar-refractivity contribution in [1.29, 1.82) is 0 Å². The van der Waals surface area contributed by atoms with Crippen molar-refractivity contribution < 1.29 is 4.79 Å². The van der Waals surface area contributed by atoms with E-state index in [9.17, 15) is 14.4 Å². The van der Waals surface area contributed by atoms with Gasteiger partial charge in [-0.05, 0) is 32.0 Å². The number of carbonyl (C=O) groups excluding carboxylic acids is 1. The lowest BCUT2D eigenvalue weighted by Gasteiger charge is -2.36. The van der Waals surface area contributed by atoms with Crippen molar-refractivity contribution in [1.82, 2.24) is 23.9 Å². The first-order chi connectivity index (χ1) is 16.0. The van der Waals surface area contributed by atoms with E-state index in [4.69, 9.17) is 0 Å². The summed E-state index contributed by atoms with van der Waals surface area (Å²) in [6, 6.07) is 12.1. The molecule has 0 radical (unpaired) electrons. The zero-order valence-electron chi connectivity index (χ0n) is 19.4. The summed E-state index contributed by atoms with van der Waals surface area (Å²) in [6.07, 6.45) is 1.71. The largest absolute Gasteiger partial charge is 0.369 e. The minimum Gasteiger partial charge on any atom is -0.369 e. The van der Waals surface area contributed by atoms with Crippen LogP contribution in [0.2, 0.25) is 0 Å². The summed E-state index contributed by atoms with van der Waals surface area (Å²) in [4.78, 5) is 42.6. The summed E-state index contributed by atoms with van der Waals surface area (Å²) in [5, 5.41) is 3.44. The van der Waals surface area contributed by atoms with Gasteiger partial charge >= 0.3 is 5.69 Å². The molecule has 1 N–H and O–H groups in total. The third-order valence-electron chi connectivity index (χ3n) is 6.32. The molecule has 0 spiro atoms. The molecule has 0 saturated carbocycles. The molecule has 1 aliphatic heterocycles. The smallest absolute Gasteiger partial charge is 0.332 e. The van der Waals surface area contributed by atoms with Gasteiger partial charge in [0.05, 0.1) is 5.39 Å². The molecule has 0 atom stereocenters. The van der Waals surface area contributed by atoms with Gasteiger partial charge in [-0.2, -0.15) is 0 Å². The number of para-hydroxylation sites is 1. The summed E-state index contributed by atoms with van der Waals surface area (Å²) in [6.45, 7) is 9.66. The van der Waals surface area contributed by atoms with Crippen molar-refractivity contribution in [3.05, 3.63) is 63.4 Å². The molecule has 2 aromatic heterocycles. The monoisotopic (exact) mass is 452 g/mol. The van der Waals surface area contributed by atoms with E-state index in [1.54, 1.807) is 28.3 Å². The number of amides is 1. The number of aromatic nitrogens is 3. The van der Waals surface area contributed by atoms with Crippen LogP contribution in [-0.2, 0) is 24.4 Å². The zero-order chi connectivity index (χ0) is 23.4. The third kappa shape index (κ3) is 4.73. The normalized spacial score (nSPS) is 14.7. The molecular formula is C24H32N6O3. The number of benzene rings is 1.